The third-order valence-electron chi connectivity index (χ3n) is 2.54. The summed E-state index contributed by atoms with van der Waals surface area (Å²) in [6.45, 7) is 0.575. The Balaban J connectivity index is 2.13. The third kappa shape index (κ3) is 2.63. The lowest BCUT2D eigenvalue weighted by Gasteiger charge is -2.09. The molecule has 0 bridgehead atoms. The van der Waals surface area contributed by atoms with Crippen LogP contribution in [0.5, 0.6) is 0 Å². The van der Waals surface area contributed by atoms with E-state index in [0.29, 0.717) is 23.5 Å². The third-order valence-corrected chi connectivity index (χ3v) is 2.54. The fourth-order valence-corrected chi connectivity index (χ4v) is 1.54. The van der Waals surface area contributed by atoms with Gasteiger partial charge in [-0.05, 0) is 24.3 Å². The SMILES string of the molecule is COC(=O)c1ccc(N)c(NCc2ccoc2)c1. The summed E-state index contributed by atoms with van der Waals surface area (Å²) in [4.78, 5) is 11.4. The van der Waals surface area contributed by atoms with Crippen molar-refractivity contribution in [2.45, 2.75) is 6.54 Å². The highest BCUT2D eigenvalue weighted by molar-refractivity contribution is 5.91. The van der Waals surface area contributed by atoms with Gasteiger partial charge in [0.1, 0.15) is 0 Å². The van der Waals surface area contributed by atoms with Gasteiger partial charge in [0, 0.05) is 12.1 Å². The first-order chi connectivity index (χ1) is 8.70. The molecule has 0 saturated heterocycles. The Morgan fingerprint density at radius 3 is 2.94 bits per heavy atom. The molecule has 0 unspecified atom stereocenters. The second kappa shape index (κ2) is 5.27. The Bertz CT molecular complexity index is 535. The van der Waals surface area contributed by atoms with Crippen LogP contribution in [0, 0.1) is 0 Å². The van der Waals surface area contributed by atoms with Crippen LogP contribution in [0.3, 0.4) is 0 Å². The molecule has 94 valence electrons. The second-order valence-electron chi connectivity index (χ2n) is 3.78. The van der Waals surface area contributed by atoms with Gasteiger partial charge in [0.05, 0.1) is 36.6 Å². The Labute approximate surface area is 105 Å². The number of methoxy groups -OCH3 is 1. The average Bonchev–Trinajstić information content (AvgIpc) is 2.90. The van der Waals surface area contributed by atoms with Crippen LogP contribution in [0.15, 0.2) is 41.2 Å². The first kappa shape index (κ1) is 12.0. The van der Waals surface area contributed by atoms with Crippen LogP contribution in [-0.2, 0) is 11.3 Å². The fourth-order valence-electron chi connectivity index (χ4n) is 1.54. The minimum Gasteiger partial charge on any atom is -0.472 e. The molecule has 0 aliphatic rings. The number of furan rings is 1. The van der Waals surface area contributed by atoms with Gasteiger partial charge in [-0.15, -0.1) is 0 Å². The van der Waals surface area contributed by atoms with Gasteiger partial charge >= 0.3 is 5.97 Å². The Morgan fingerprint density at radius 2 is 2.28 bits per heavy atom. The number of carbonyl (C=O) groups is 1. The van der Waals surface area contributed by atoms with Gasteiger partial charge < -0.3 is 20.2 Å². The number of esters is 1. The summed E-state index contributed by atoms with van der Waals surface area (Å²) in [7, 11) is 1.34. The lowest BCUT2D eigenvalue weighted by molar-refractivity contribution is 0.0601. The summed E-state index contributed by atoms with van der Waals surface area (Å²) < 4.78 is 9.63. The van der Waals surface area contributed by atoms with E-state index >= 15 is 0 Å². The molecule has 5 heteroatoms. The zero-order valence-electron chi connectivity index (χ0n) is 9.97. The minimum atomic E-state index is -0.388. The first-order valence-electron chi connectivity index (χ1n) is 5.43. The Kier molecular flexibility index (Phi) is 3.52. The zero-order valence-corrected chi connectivity index (χ0v) is 9.97. The van der Waals surface area contributed by atoms with E-state index in [4.69, 9.17) is 10.2 Å². The van der Waals surface area contributed by atoms with Crippen LogP contribution in [0.2, 0.25) is 0 Å². The van der Waals surface area contributed by atoms with E-state index in [9.17, 15) is 4.79 Å². The number of hydrogen-bond donors (Lipinski definition) is 2. The van der Waals surface area contributed by atoms with E-state index in [0.717, 1.165) is 5.56 Å². The minimum absolute atomic E-state index is 0.388. The molecule has 0 fully saturated rings. The van der Waals surface area contributed by atoms with Gasteiger partial charge in [-0.1, -0.05) is 0 Å². The molecule has 2 rings (SSSR count). The topological polar surface area (TPSA) is 77.5 Å². The summed E-state index contributed by atoms with van der Waals surface area (Å²) in [6.07, 6.45) is 3.25. The highest BCUT2D eigenvalue weighted by Gasteiger charge is 2.08. The van der Waals surface area contributed by atoms with Crippen LogP contribution < -0.4 is 11.1 Å². The molecule has 0 radical (unpaired) electrons. The van der Waals surface area contributed by atoms with Gasteiger partial charge in [0.15, 0.2) is 0 Å². The standard InChI is InChI=1S/C13H14N2O3/c1-17-13(16)10-2-3-11(14)12(6-10)15-7-9-4-5-18-8-9/h2-6,8,15H,7,14H2,1H3. The lowest BCUT2D eigenvalue weighted by Crippen LogP contribution is -2.06. The van der Waals surface area contributed by atoms with E-state index in [1.807, 2.05) is 6.07 Å². The zero-order chi connectivity index (χ0) is 13.0. The van der Waals surface area contributed by atoms with Crippen molar-refractivity contribution >= 4 is 17.3 Å². The van der Waals surface area contributed by atoms with E-state index < -0.39 is 0 Å². The maximum absolute atomic E-state index is 11.4. The maximum Gasteiger partial charge on any atom is 0.337 e. The van der Waals surface area contributed by atoms with Crippen LogP contribution in [0.25, 0.3) is 0 Å². The number of anilines is 2. The van der Waals surface area contributed by atoms with E-state index in [1.54, 1.807) is 30.7 Å². The Hall–Kier alpha value is -2.43. The molecule has 0 aliphatic carbocycles. The molecule has 5 nitrogen and oxygen atoms in total. The van der Waals surface area contributed by atoms with Crippen molar-refractivity contribution in [3.63, 3.8) is 0 Å². The second-order valence-corrected chi connectivity index (χ2v) is 3.78. The van der Waals surface area contributed by atoms with Crippen molar-refractivity contribution in [3.05, 3.63) is 47.9 Å². The number of nitrogens with one attached hydrogen (secondary N) is 1. The molecule has 1 aromatic heterocycles. The van der Waals surface area contributed by atoms with Gasteiger partial charge in [0.25, 0.3) is 0 Å². The van der Waals surface area contributed by atoms with Gasteiger partial charge in [-0.3, -0.25) is 0 Å². The van der Waals surface area contributed by atoms with Crippen molar-refractivity contribution in [2.75, 3.05) is 18.2 Å². The highest BCUT2D eigenvalue weighted by atomic mass is 16.5. The molecule has 0 aliphatic heterocycles. The summed E-state index contributed by atoms with van der Waals surface area (Å²) in [5.74, 6) is -0.388. The number of carbonyl (C=O) groups excluding carboxylic acids is 1. The Morgan fingerprint density at radius 1 is 1.44 bits per heavy atom. The molecule has 0 saturated carbocycles. The molecular weight excluding hydrogens is 232 g/mol. The highest BCUT2D eigenvalue weighted by Crippen LogP contribution is 2.21. The van der Waals surface area contributed by atoms with Crippen molar-refractivity contribution < 1.29 is 13.9 Å². The predicted molar refractivity (Wildman–Crippen MR) is 68.2 cm³/mol. The quantitative estimate of drug-likeness (QED) is 0.639. The normalized spacial score (nSPS) is 10.1. The molecule has 3 N–H and O–H groups in total. The van der Waals surface area contributed by atoms with Crippen molar-refractivity contribution in [2.24, 2.45) is 0 Å². The van der Waals surface area contributed by atoms with E-state index in [1.165, 1.54) is 7.11 Å². The maximum atomic E-state index is 11.4. The summed E-state index contributed by atoms with van der Waals surface area (Å²) >= 11 is 0. The van der Waals surface area contributed by atoms with Gasteiger partial charge in [-0.2, -0.15) is 0 Å². The number of rotatable bonds is 4. The largest absolute Gasteiger partial charge is 0.472 e. The number of benzene rings is 1. The predicted octanol–water partition coefficient (Wildman–Crippen LogP) is 2.26. The number of nitrogens with two attached hydrogens (primary N) is 1. The number of nitrogen functional groups attached to an aromatic ring is 1. The molecule has 0 amide bonds. The number of hydrogen-bond acceptors (Lipinski definition) is 5. The van der Waals surface area contributed by atoms with Gasteiger partial charge in [-0.25, -0.2) is 4.79 Å². The summed E-state index contributed by atoms with van der Waals surface area (Å²) in [5.41, 5.74) is 8.56. The summed E-state index contributed by atoms with van der Waals surface area (Å²) in [6, 6.07) is 6.82. The summed E-state index contributed by atoms with van der Waals surface area (Å²) in [5, 5.41) is 3.14. The van der Waals surface area contributed by atoms with Crippen LogP contribution in [0.4, 0.5) is 11.4 Å². The fraction of sp³-hybridized carbons (Fsp3) is 0.154. The average molecular weight is 246 g/mol. The molecule has 1 heterocycles. The van der Waals surface area contributed by atoms with E-state index in [-0.39, 0.29) is 5.97 Å². The first-order valence-corrected chi connectivity index (χ1v) is 5.43. The lowest BCUT2D eigenvalue weighted by atomic mass is 10.1. The molecule has 0 atom stereocenters. The van der Waals surface area contributed by atoms with Crippen molar-refractivity contribution in [1.29, 1.82) is 0 Å². The molecule has 18 heavy (non-hydrogen) atoms. The van der Waals surface area contributed by atoms with Crippen molar-refractivity contribution in [3.8, 4) is 0 Å². The molecular formula is C13H14N2O3. The molecule has 0 spiro atoms. The van der Waals surface area contributed by atoms with Crippen LogP contribution in [0.1, 0.15) is 15.9 Å². The molecule has 2 aromatic rings. The van der Waals surface area contributed by atoms with E-state index in [2.05, 4.69) is 10.1 Å². The monoisotopic (exact) mass is 246 g/mol. The van der Waals surface area contributed by atoms with Gasteiger partial charge in [0.2, 0.25) is 0 Å². The van der Waals surface area contributed by atoms with Crippen molar-refractivity contribution in [1.82, 2.24) is 0 Å². The molecule has 1 aromatic carbocycles. The van der Waals surface area contributed by atoms with Crippen LogP contribution >= 0.6 is 0 Å². The van der Waals surface area contributed by atoms with Crippen LogP contribution in [-0.4, -0.2) is 13.1 Å². The smallest absolute Gasteiger partial charge is 0.337 e. The number of ether oxygens (including phenoxy) is 1.